The van der Waals surface area contributed by atoms with E-state index in [0.717, 1.165) is 5.57 Å². The maximum atomic E-state index is 11.1. The summed E-state index contributed by atoms with van der Waals surface area (Å²) < 4.78 is 5.69. The second-order valence-corrected chi connectivity index (χ2v) is 6.50. The highest BCUT2D eigenvalue weighted by molar-refractivity contribution is 5.45. The Balaban J connectivity index is 0.00000176. The molecule has 1 saturated carbocycles. The molecule has 2 rings (SSSR count). The number of rotatable bonds is 8. The van der Waals surface area contributed by atoms with E-state index in [1.807, 2.05) is 13.8 Å². The number of aliphatic hydroxyl groups excluding tert-OH is 3. The normalized spacial score (nSPS) is 30.4. The lowest BCUT2D eigenvalue weighted by Gasteiger charge is -2.42. The third kappa shape index (κ3) is 4.45. The van der Waals surface area contributed by atoms with Gasteiger partial charge in [-0.2, -0.15) is 0 Å². The van der Waals surface area contributed by atoms with Crippen molar-refractivity contribution < 1.29 is 20.1 Å². The van der Waals surface area contributed by atoms with Crippen molar-refractivity contribution in [3.63, 3.8) is 0 Å². The van der Waals surface area contributed by atoms with E-state index >= 15 is 0 Å². The lowest BCUT2D eigenvalue weighted by atomic mass is 9.69. The Morgan fingerprint density at radius 1 is 1.22 bits per heavy atom. The number of hydrogen-bond acceptors (Lipinski definition) is 4. The van der Waals surface area contributed by atoms with Crippen molar-refractivity contribution in [2.24, 2.45) is 17.3 Å². The summed E-state index contributed by atoms with van der Waals surface area (Å²) >= 11 is 0. The fourth-order valence-electron chi connectivity index (χ4n) is 3.70. The average molecular weight is 373 g/mol. The maximum absolute atomic E-state index is 11.1. The standard InChI is InChI=1S/C21H26O4.C2H6/c1-5-9-14(7-3)16-12-25-13-21(10-6-2,20(16)24)17-11-15(17)19(23)18(22)8-4;1-2/h5-9,12,15,17,20,22-24H,1-4,10-11,13H2;1-2H3/b14-9+,19-18-;. The van der Waals surface area contributed by atoms with E-state index in [1.165, 1.54) is 6.08 Å². The molecule has 4 atom stereocenters. The van der Waals surface area contributed by atoms with Crippen molar-refractivity contribution in [2.45, 2.75) is 32.8 Å². The first-order valence-corrected chi connectivity index (χ1v) is 9.27. The molecular weight excluding hydrogens is 340 g/mol. The topological polar surface area (TPSA) is 69.9 Å². The highest BCUT2D eigenvalue weighted by Gasteiger charge is 2.59. The molecule has 0 radical (unpaired) electrons. The quantitative estimate of drug-likeness (QED) is 0.307. The zero-order valence-corrected chi connectivity index (χ0v) is 16.4. The van der Waals surface area contributed by atoms with Crippen LogP contribution in [-0.4, -0.2) is 28.0 Å². The molecular formula is C23H32O4. The lowest BCUT2D eigenvalue weighted by Crippen LogP contribution is -2.45. The minimum atomic E-state index is -0.808. The molecule has 3 N–H and O–H groups in total. The van der Waals surface area contributed by atoms with Gasteiger partial charge in [0.25, 0.3) is 0 Å². The molecule has 148 valence electrons. The van der Waals surface area contributed by atoms with Gasteiger partial charge in [0.15, 0.2) is 5.76 Å². The van der Waals surface area contributed by atoms with Crippen LogP contribution in [0.5, 0.6) is 0 Å². The molecule has 0 amide bonds. The molecule has 4 nitrogen and oxygen atoms in total. The highest BCUT2D eigenvalue weighted by atomic mass is 16.5. The van der Waals surface area contributed by atoms with Crippen molar-refractivity contribution in [1.29, 1.82) is 0 Å². The number of aliphatic hydroxyl groups is 3. The van der Waals surface area contributed by atoms with Crippen molar-refractivity contribution in [3.05, 3.63) is 85.6 Å². The Labute approximate surface area is 162 Å². The Kier molecular flexibility index (Phi) is 8.38. The van der Waals surface area contributed by atoms with Gasteiger partial charge in [0, 0.05) is 16.9 Å². The SMILES string of the molecule is C=C/C=C(\C=C)C1=COCC(CC=C)(C2CC2/C(O)=C(/O)C=C)C1O.CC. The fourth-order valence-corrected chi connectivity index (χ4v) is 3.70. The van der Waals surface area contributed by atoms with E-state index in [1.54, 1.807) is 30.6 Å². The van der Waals surface area contributed by atoms with Crippen LogP contribution in [0.3, 0.4) is 0 Å². The lowest BCUT2D eigenvalue weighted by molar-refractivity contribution is -0.0387. The summed E-state index contributed by atoms with van der Waals surface area (Å²) in [5, 5.41) is 31.1. The first-order valence-electron chi connectivity index (χ1n) is 9.27. The van der Waals surface area contributed by atoms with E-state index in [-0.39, 0.29) is 23.4 Å². The smallest absolute Gasteiger partial charge is 0.152 e. The highest BCUT2D eigenvalue weighted by Crippen LogP contribution is 2.59. The minimum Gasteiger partial charge on any atom is -0.508 e. The van der Waals surface area contributed by atoms with Crippen LogP contribution in [0.15, 0.2) is 85.6 Å². The third-order valence-electron chi connectivity index (χ3n) is 5.11. The van der Waals surface area contributed by atoms with E-state index in [4.69, 9.17) is 4.74 Å². The molecule has 1 aliphatic heterocycles. The van der Waals surface area contributed by atoms with E-state index in [2.05, 4.69) is 26.3 Å². The van der Waals surface area contributed by atoms with Crippen LogP contribution in [0, 0.1) is 17.3 Å². The van der Waals surface area contributed by atoms with Crippen LogP contribution in [0.2, 0.25) is 0 Å². The van der Waals surface area contributed by atoms with Crippen molar-refractivity contribution in [1.82, 2.24) is 0 Å². The summed E-state index contributed by atoms with van der Waals surface area (Å²) in [4.78, 5) is 0. The van der Waals surface area contributed by atoms with Gasteiger partial charge in [-0.1, -0.05) is 57.9 Å². The van der Waals surface area contributed by atoms with Gasteiger partial charge in [-0.3, -0.25) is 0 Å². The molecule has 0 aromatic heterocycles. The van der Waals surface area contributed by atoms with Gasteiger partial charge in [0.2, 0.25) is 0 Å². The number of hydrogen-bond donors (Lipinski definition) is 3. The van der Waals surface area contributed by atoms with Crippen molar-refractivity contribution in [3.8, 4) is 0 Å². The van der Waals surface area contributed by atoms with Gasteiger partial charge in [0.1, 0.15) is 5.76 Å². The van der Waals surface area contributed by atoms with Gasteiger partial charge in [-0.05, 0) is 30.4 Å². The van der Waals surface area contributed by atoms with Gasteiger partial charge in [-0.15, -0.1) is 6.58 Å². The summed E-state index contributed by atoms with van der Waals surface area (Å²) in [7, 11) is 0. The number of ether oxygens (including phenoxy) is 1. The number of allylic oxidation sites excluding steroid dienone is 6. The van der Waals surface area contributed by atoms with E-state index in [0.29, 0.717) is 25.0 Å². The fraction of sp³-hybridized carbons (Fsp3) is 0.391. The van der Waals surface area contributed by atoms with Crippen LogP contribution >= 0.6 is 0 Å². The summed E-state index contributed by atoms with van der Waals surface area (Å²) in [6.07, 6.45) is 9.93. The molecule has 27 heavy (non-hydrogen) atoms. The molecule has 1 aliphatic carbocycles. The molecule has 0 bridgehead atoms. The Hall–Kier alpha value is -2.46. The Morgan fingerprint density at radius 3 is 2.41 bits per heavy atom. The Morgan fingerprint density at radius 2 is 1.89 bits per heavy atom. The molecule has 0 aromatic rings. The summed E-state index contributed by atoms with van der Waals surface area (Å²) in [5.74, 6) is -0.578. The van der Waals surface area contributed by atoms with E-state index in [9.17, 15) is 15.3 Å². The Bertz CT molecular complexity index is 668. The zero-order chi connectivity index (χ0) is 20.6. The first-order chi connectivity index (χ1) is 13.0. The molecule has 0 aromatic carbocycles. The zero-order valence-electron chi connectivity index (χ0n) is 16.4. The van der Waals surface area contributed by atoms with Gasteiger partial charge < -0.3 is 20.1 Å². The van der Waals surface area contributed by atoms with Crippen LogP contribution in [-0.2, 0) is 4.74 Å². The van der Waals surface area contributed by atoms with Gasteiger partial charge in [-0.25, -0.2) is 0 Å². The third-order valence-corrected chi connectivity index (χ3v) is 5.11. The van der Waals surface area contributed by atoms with Gasteiger partial charge in [0.05, 0.1) is 19.0 Å². The molecule has 1 heterocycles. The minimum absolute atomic E-state index is 0.0407. The van der Waals surface area contributed by atoms with Crippen molar-refractivity contribution >= 4 is 0 Å². The predicted molar refractivity (Wildman–Crippen MR) is 111 cm³/mol. The monoisotopic (exact) mass is 372 g/mol. The largest absolute Gasteiger partial charge is 0.508 e. The molecule has 0 spiro atoms. The summed E-state index contributed by atoms with van der Waals surface area (Å²) in [6, 6.07) is 0. The maximum Gasteiger partial charge on any atom is 0.152 e. The molecule has 4 heteroatoms. The van der Waals surface area contributed by atoms with Crippen LogP contribution in [0.4, 0.5) is 0 Å². The second kappa shape index (κ2) is 10.0. The van der Waals surface area contributed by atoms with Crippen molar-refractivity contribution in [2.75, 3.05) is 6.61 Å². The molecule has 2 aliphatic rings. The second-order valence-electron chi connectivity index (χ2n) is 6.50. The van der Waals surface area contributed by atoms with Crippen LogP contribution in [0.25, 0.3) is 0 Å². The van der Waals surface area contributed by atoms with Crippen LogP contribution < -0.4 is 0 Å². The molecule has 1 fully saturated rings. The first kappa shape index (κ1) is 22.6. The van der Waals surface area contributed by atoms with E-state index < -0.39 is 11.5 Å². The van der Waals surface area contributed by atoms with Gasteiger partial charge >= 0.3 is 0 Å². The molecule has 4 unspecified atom stereocenters. The predicted octanol–water partition coefficient (Wildman–Crippen LogP) is 5.30. The summed E-state index contributed by atoms with van der Waals surface area (Å²) in [5.41, 5.74) is 0.737. The molecule has 0 saturated heterocycles. The average Bonchev–Trinajstić information content (AvgIpc) is 3.50. The summed E-state index contributed by atoms with van der Waals surface area (Å²) in [6.45, 7) is 19.1. The van der Waals surface area contributed by atoms with Crippen LogP contribution in [0.1, 0.15) is 26.7 Å².